The zero-order valence-electron chi connectivity index (χ0n) is 15.3. The molecule has 0 spiro atoms. The Balaban J connectivity index is 2.06. The maximum absolute atomic E-state index is 12.6. The zero-order valence-corrected chi connectivity index (χ0v) is 16.9. The van der Waals surface area contributed by atoms with E-state index in [1.165, 1.54) is 61.5 Å². The number of hydrogen-bond donors (Lipinski definition) is 3. The molecule has 3 N–H and O–H groups in total. The van der Waals surface area contributed by atoms with Crippen LogP contribution in [0.15, 0.2) is 52.0 Å². The summed E-state index contributed by atoms with van der Waals surface area (Å²) in [6, 6.07) is 7.66. The van der Waals surface area contributed by atoms with Crippen molar-refractivity contribution in [3.05, 3.63) is 48.4 Å². The molecular weight excluding hydrogens is 406 g/mol. The summed E-state index contributed by atoms with van der Waals surface area (Å²) in [6.45, 7) is 0. The molecule has 0 saturated carbocycles. The SMILES string of the molecule is COc1ccc(S(=O)(=O)N[C@@H](CCSC)C(=O)NNC(=O)c2ccco2)cc1. The highest BCUT2D eigenvalue weighted by molar-refractivity contribution is 7.98. The van der Waals surface area contributed by atoms with E-state index in [1.54, 1.807) is 0 Å². The van der Waals surface area contributed by atoms with Gasteiger partial charge in [0, 0.05) is 0 Å². The normalized spacial score (nSPS) is 12.2. The molecule has 0 fully saturated rings. The second-order valence-corrected chi connectivity index (χ2v) is 8.25. The minimum atomic E-state index is -3.95. The number of carbonyl (C=O) groups is 2. The quantitative estimate of drug-likeness (QED) is 0.512. The number of amides is 2. The Morgan fingerprint density at radius 1 is 1.18 bits per heavy atom. The van der Waals surface area contributed by atoms with Gasteiger partial charge in [0.1, 0.15) is 11.8 Å². The molecule has 0 saturated heterocycles. The molecule has 2 aromatic rings. The smallest absolute Gasteiger partial charge is 0.305 e. The minimum absolute atomic E-state index is 0.00475. The number of hydrogen-bond acceptors (Lipinski definition) is 7. The van der Waals surface area contributed by atoms with Crippen LogP contribution in [0.5, 0.6) is 5.75 Å². The lowest BCUT2D eigenvalue weighted by Crippen LogP contribution is -2.52. The fourth-order valence-corrected chi connectivity index (χ4v) is 3.87. The van der Waals surface area contributed by atoms with Crippen molar-refractivity contribution >= 4 is 33.6 Å². The third kappa shape index (κ3) is 6.01. The maximum atomic E-state index is 12.6. The molecule has 28 heavy (non-hydrogen) atoms. The van der Waals surface area contributed by atoms with Crippen molar-refractivity contribution < 1.29 is 27.2 Å². The van der Waals surface area contributed by atoms with Gasteiger partial charge < -0.3 is 9.15 Å². The van der Waals surface area contributed by atoms with Gasteiger partial charge in [0.05, 0.1) is 18.3 Å². The predicted octanol–water partition coefficient (Wildman–Crippen LogP) is 1.15. The summed E-state index contributed by atoms with van der Waals surface area (Å²) in [4.78, 5) is 24.3. The largest absolute Gasteiger partial charge is 0.497 e. The van der Waals surface area contributed by atoms with Crippen molar-refractivity contribution in [3.8, 4) is 5.75 Å². The molecule has 11 heteroatoms. The lowest BCUT2D eigenvalue weighted by atomic mass is 10.2. The first-order valence-corrected chi connectivity index (χ1v) is 11.0. The lowest BCUT2D eigenvalue weighted by molar-refractivity contribution is -0.123. The number of rotatable bonds is 9. The lowest BCUT2D eigenvalue weighted by Gasteiger charge is -2.18. The van der Waals surface area contributed by atoms with Crippen molar-refractivity contribution in [3.63, 3.8) is 0 Å². The first kappa shape index (κ1) is 21.8. The topological polar surface area (TPSA) is 127 Å². The molecule has 1 aromatic carbocycles. The van der Waals surface area contributed by atoms with Gasteiger partial charge in [-0.15, -0.1) is 0 Å². The Kier molecular flexibility index (Phi) is 7.91. The average molecular weight is 428 g/mol. The third-order valence-corrected chi connectivity index (χ3v) is 5.77. The van der Waals surface area contributed by atoms with Crippen LogP contribution in [0.3, 0.4) is 0 Å². The first-order chi connectivity index (χ1) is 13.4. The van der Waals surface area contributed by atoms with Gasteiger partial charge in [-0.2, -0.15) is 16.5 Å². The van der Waals surface area contributed by atoms with Crippen molar-refractivity contribution in [2.75, 3.05) is 19.1 Å². The number of hydrazine groups is 1. The molecule has 9 nitrogen and oxygen atoms in total. The van der Waals surface area contributed by atoms with Crippen molar-refractivity contribution in [1.82, 2.24) is 15.6 Å². The van der Waals surface area contributed by atoms with Gasteiger partial charge in [0.2, 0.25) is 10.0 Å². The van der Waals surface area contributed by atoms with Gasteiger partial charge in [-0.25, -0.2) is 8.42 Å². The Morgan fingerprint density at radius 3 is 2.46 bits per heavy atom. The fourth-order valence-electron chi connectivity index (χ4n) is 2.16. The molecule has 0 aliphatic heterocycles. The Hall–Kier alpha value is -2.50. The summed E-state index contributed by atoms with van der Waals surface area (Å²) in [5.74, 6) is -0.280. The van der Waals surface area contributed by atoms with E-state index in [1.807, 2.05) is 6.26 Å². The molecule has 0 unspecified atom stereocenters. The zero-order chi connectivity index (χ0) is 20.6. The Labute approximate surface area is 167 Å². The second-order valence-electron chi connectivity index (χ2n) is 5.55. The molecule has 0 aliphatic rings. The van der Waals surface area contributed by atoms with Crippen LogP contribution in [0.25, 0.3) is 0 Å². The molecular formula is C17H21N3O6S2. The summed E-state index contributed by atoms with van der Waals surface area (Å²) in [5.41, 5.74) is 4.41. The molecule has 2 amide bonds. The molecule has 0 aliphatic carbocycles. The van der Waals surface area contributed by atoms with E-state index in [0.717, 1.165) is 0 Å². The van der Waals surface area contributed by atoms with Gasteiger partial charge in [-0.3, -0.25) is 20.4 Å². The fraction of sp³-hybridized carbons (Fsp3) is 0.294. The van der Waals surface area contributed by atoms with Gasteiger partial charge in [-0.1, -0.05) is 0 Å². The average Bonchev–Trinajstić information content (AvgIpc) is 3.24. The van der Waals surface area contributed by atoms with E-state index >= 15 is 0 Å². The molecule has 0 bridgehead atoms. The van der Waals surface area contributed by atoms with Crippen LogP contribution in [0.2, 0.25) is 0 Å². The number of benzene rings is 1. The summed E-state index contributed by atoms with van der Waals surface area (Å²) in [6.07, 6.45) is 3.39. The highest BCUT2D eigenvalue weighted by Gasteiger charge is 2.26. The van der Waals surface area contributed by atoms with Crippen molar-refractivity contribution in [1.29, 1.82) is 0 Å². The van der Waals surface area contributed by atoms with Crippen LogP contribution in [0, 0.1) is 0 Å². The number of carbonyl (C=O) groups excluding carboxylic acids is 2. The van der Waals surface area contributed by atoms with E-state index in [2.05, 4.69) is 15.6 Å². The standard InChI is InChI=1S/C17H21N3O6S2/c1-25-12-5-7-13(8-6-12)28(23,24)20-14(9-11-27-2)16(21)18-19-17(22)15-4-3-10-26-15/h3-8,10,14,20H,9,11H2,1-2H3,(H,18,21)(H,19,22)/t14-/m0/s1. The Morgan fingerprint density at radius 2 is 1.89 bits per heavy atom. The van der Waals surface area contributed by atoms with E-state index in [4.69, 9.17) is 9.15 Å². The van der Waals surface area contributed by atoms with Crippen LogP contribution in [0.1, 0.15) is 17.0 Å². The number of thioether (sulfide) groups is 1. The minimum Gasteiger partial charge on any atom is -0.497 e. The van der Waals surface area contributed by atoms with Crippen LogP contribution in [0.4, 0.5) is 0 Å². The molecule has 1 aromatic heterocycles. The molecule has 1 heterocycles. The number of ether oxygens (including phenoxy) is 1. The molecule has 1 atom stereocenters. The first-order valence-electron chi connectivity index (χ1n) is 8.16. The van der Waals surface area contributed by atoms with E-state index in [-0.39, 0.29) is 17.1 Å². The van der Waals surface area contributed by atoms with Crippen LogP contribution in [-0.4, -0.2) is 45.4 Å². The number of methoxy groups -OCH3 is 1. The van der Waals surface area contributed by atoms with Crippen molar-refractivity contribution in [2.24, 2.45) is 0 Å². The highest BCUT2D eigenvalue weighted by Crippen LogP contribution is 2.16. The third-order valence-electron chi connectivity index (χ3n) is 3.64. The monoisotopic (exact) mass is 427 g/mol. The van der Waals surface area contributed by atoms with E-state index in [0.29, 0.717) is 11.5 Å². The molecule has 2 rings (SSSR count). The van der Waals surface area contributed by atoms with Crippen LogP contribution in [-0.2, 0) is 14.8 Å². The second kappa shape index (κ2) is 10.2. The molecule has 0 radical (unpaired) electrons. The number of sulfonamides is 1. The number of nitrogens with one attached hydrogen (secondary N) is 3. The summed E-state index contributed by atoms with van der Waals surface area (Å²) in [7, 11) is -2.47. The van der Waals surface area contributed by atoms with E-state index in [9.17, 15) is 18.0 Å². The van der Waals surface area contributed by atoms with Gasteiger partial charge in [0.15, 0.2) is 5.76 Å². The van der Waals surface area contributed by atoms with Gasteiger partial charge in [0.25, 0.3) is 5.91 Å². The summed E-state index contributed by atoms with van der Waals surface area (Å²) in [5, 5.41) is 0. The van der Waals surface area contributed by atoms with Gasteiger partial charge >= 0.3 is 5.91 Å². The van der Waals surface area contributed by atoms with Crippen LogP contribution < -0.4 is 20.3 Å². The number of furan rings is 1. The highest BCUT2D eigenvalue weighted by atomic mass is 32.2. The molecule has 152 valence electrons. The van der Waals surface area contributed by atoms with Gasteiger partial charge in [-0.05, 0) is 54.8 Å². The van der Waals surface area contributed by atoms with E-state index < -0.39 is 27.9 Å². The summed E-state index contributed by atoms with van der Waals surface area (Å²) >= 11 is 1.46. The Bertz CT molecular complexity index is 882. The van der Waals surface area contributed by atoms with Crippen LogP contribution >= 0.6 is 11.8 Å². The maximum Gasteiger partial charge on any atom is 0.305 e. The van der Waals surface area contributed by atoms with Crippen molar-refractivity contribution in [2.45, 2.75) is 17.4 Å². The summed E-state index contributed by atoms with van der Waals surface area (Å²) < 4.78 is 37.5. The predicted molar refractivity (Wildman–Crippen MR) is 104 cm³/mol.